The lowest BCUT2D eigenvalue weighted by molar-refractivity contribution is 0.312. The van der Waals surface area contributed by atoms with Crippen LogP contribution in [0.2, 0.25) is 0 Å². The van der Waals surface area contributed by atoms with Gasteiger partial charge in [0.2, 0.25) is 0 Å². The van der Waals surface area contributed by atoms with Crippen LogP contribution in [0.5, 0.6) is 0 Å². The fourth-order valence-electron chi connectivity index (χ4n) is 3.71. The number of benzene rings is 1. The summed E-state index contributed by atoms with van der Waals surface area (Å²) in [6.45, 7) is 12.9. The molecule has 0 bridgehead atoms. The maximum atomic E-state index is 4.85. The monoisotopic (exact) mass is 408 g/mol. The van der Waals surface area contributed by atoms with Gasteiger partial charge in [-0.3, -0.25) is 0 Å². The number of aromatic nitrogens is 1. The van der Waals surface area contributed by atoms with Crippen molar-refractivity contribution < 1.29 is 0 Å². The van der Waals surface area contributed by atoms with Crippen LogP contribution in [0.25, 0.3) is 0 Å². The summed E-state index contributed by atoms with van der Waals surface area (Å²) in [5.41, 5.74) is 3.82. The van der Waals surface area contributed by atoms with Gasteiger partial charge in [0.25, 0.3) is 0 Å². The number of hydrogen-bond acceptors (Lipinski definition) is 4. The Morgan fingerprint density at radius 2 is 1.93 bits per heavy atom. The molecule has 6 nitrogen and oxygen atoms in total. The summed E-state index contributed by atoms with van der Waals surface area (Å²) in [5.74, 6) is 2.33. The number of piperazine rings is 1. The summed E-state index contributed by atoms with van der Waals surface area (Å²) in [6.07, 6.45) is 1.88. The molecule has 6 heteroatoms. The predicted molar refractivity (Wildman–Crippen MR) is 126 cm³/mol. The van der Waals surface area contributed by atoms with Crippen molar-refractivity contribution in [2.24, 2.45) is 4.99 Å². The number of guanidine groups is 1. The lowest BCUT2D eigenvalue weighted by atomic mass is 9.99. The Balaban J connectivity index is 1.65. The maximum Gasteiger partial charge on any atom is 0.191 e. The first kappa shape index (κ1) is 22.1. The van der Waals surface area contributed by atoms with E-state index in [1.54, 1.807) is 0 Å². The van der Waals surface area contributed by atoms with Crippen molar-refractivity contribution in [1.29, 1.82) is 0 Å². The number of aryl methyl sites for hydroxylation is 1. The van der Waals surface area contributed by atoms with Crippen LogP contribution in [0.4, 0.5) is 5.82 Å². The molecule has 0 aliphatic carbocycles. The third kappa shape index (κ3) is 6.20. The van der Waals surface area contributed by atoms with Gasteiger partial charge in [-0.1, -0.05) is 42.8 Å². The highest BCUT2D eigenvalue weighted by molar-refractivity contribution is 5.79. The molecule has 1 unspecified atom stereocenters. The number of anilines is 1. The summed E-state index contributed by atoms with van der Waals surface area (Å²) >= 11 is 0. The summed E-state index contributed by atoms with van der Waals surface area (Å²) < 4.78 is 0. The van der Waals surface area contributed by atoms with E-state index in [1.807, 2.05) is 12.3 Å². The van der Waals surface area contributed by atoms with Crippen molar-refractivity contribution in [3.8, 4) is 0 Å². The highest BCUT2D eigenvalue weighted by Gasteiger charge is 2.17. The Bertz CT molecular complexity index is 826. The number of hydrogen-bond donors (Lipinski definition) is 2. The molecule has 1 atom stereocenters. The van der Waals surface area contributed by atoms with Crippen LogP contribution in [0, 0.1) is 6.92 Å². The first-order valence-electron chi connectivity index (χ1n) is 11.0. The van der Waals surface area contributed by atoms with Crippen molar-refractivity contribution >= 4 is 11.8 Å². The smallest absolute Gasteiger partial charge is 0.191 e. The lowest BCUT2D eigenvalue weighted by Gasteiger charge is -2.34. The quantitative estimate of drug-likeness (QED) is 0.545. The molecular weight excluding hydrogens is 372 g/mol. The Labute approximate surface area is 181 Å². The van der Waals surface area contributed by atoms with Crippen LogP contribution in [0.15, 0.2) is 47.6 Å². The number of nitrogens with zero attached hydrogens (tertiary/aromatic N) is 4. The van der Waals surface area contributed by atoms with E-state index in [0.717, 1.165) is 51.0 Å². The van der Waals surface area contributed by atoms with Gasteiger partial charge in [-0.05, 0) is 38.4 Å². The molecule has 0 radical (unpaired) electrons. The zero-order chi connectivity index (χ0) is 21.3. The van der Waals surface area contributed by atoms with E-state index in [9.17, 15) is 0 Å². The zero-order valence-electron chi connectivity index (χ0n) is 18.9. The Morgan fingerprint density at radius 3 is 2.67 bits per heavy atom. The number of aliphatic imine (C=N–C) groups is 1. The van der Waals surface area contributed by atoms with Gasteiger partial charge in [0.15, 0.2) is 5.96 Å². The predicted octanol–water partition coefficient (Wildman–Crippen LogP) is 3.00. The molecule has 1 aromatic carbocycles. The van der Waals surface area contributed by atoms with Crippen LogP contribution < -0.4 is 15.5 Å². The summed E-state index contributed by atoms with van der Waals surface area (Å²) in [5, 5.41) is 6.89. The number of nitrogens with one attached hydrogen (secondary N) is 2. The first-order valence-corrected chi connectivity index (χ1v) is 11.0. The summed E-state index contributed by atoms with van der Waals surface area (Å²) in [7, 11) is 2.17. The van der Waals surface area contributed by atoms with Gasteiger partial charge < -0.3 is 20.4 Å². The standard InChI is InChI=1S/C24H36N6/c1-5-25-24(27-17-20(3)21-9-6-8-19(2)16-21)28-18-22-10-7-11-26-23(22)30-14-12-29(4)13-15-30/h6-11,16,20H,5,12-15,17-18H2,1-4H3,(H2,25,27,28). The van der Waals surface area contributed by atoms with E-state index >= 15 is 0 Å². The maximum absolute atomic E-state index is 4.85. The Morgan fingerprint density at radius 1 is 1.13 bits per heavy atom. The largest absolute Gasteiger partial charge is 0.357 e. The zero-order valence-corrected chi connectivity index (χ0v) is 18.9. The van der Waals surface area contributed by atoms with Crippen molar-refractivity contribution in [3.05, 3.63) is 59.3 Å². The number of pyridine rings is 1. The van der Waals surface area contributed by atoms with Gasteiger partial charge in [-0.2, -0.15) is 0 Å². The number of likely N-dealkylation sites (N-methyl/N-ethyl adjacent to an activating group) is 1. The second kappa shape index (κ2) is 11.0. The molecule has 0 amide bonds. The van der Waals surface area contributed by atoms with E-state index in [1.165, 1.54) is 16.7 Å². The van der Waals surface area contributed by atoms with Crippen molar-refractivity contribution in [1.82, 2.24) is 20.5 Å². The highest BCUT2D eigenvalue weighted by atomic mass is 15.3. The normalized spacial score (nSPS) is 16.4. The third-order valence-electron chi connectivity index (χ3n) is 5.61. The van der Waals surface area contributed by atoms with E-state index in [0.29, 0.717) is 12.5 Å². The third-order valence-corrected chi connectivity index (χ3v) is 5.61. The Hall–Kier alpha value is -2.60. The van der Waals surface area contributed by atoms with Crippen molar-refractivity contribution in [2.45, 2.75) is 33.2 Å². The van der Waals surface area contributed by atoms with Crippen LogP contribution in [0.3, 0.4) is 0 Å². The Kier molecular flexibility index (Phi) is 8.08. The van der Waals surface area contributed by atoms with Crippen LogP contribution in [-0.4, -0.2) is 62.2 Å². The van der Waals surface area contributed by atoms with Crippen molar-refractivity contribution in [3.63, 3.8) is 0 Å². The molecule has 30 heavy (non-hydrogen) atoms. The minimum absolute atomic E-state index is 0.410. The molecule has 1 aliphatic rings. The topological polar surface area (TPSA) is 55.8 Å². The molecule has 0 saturated carbocycles. The van der Waals surface area contributed by atoms with Gasteiger partial charge >= 0.3 is 0 Å². The molecule has 2 heterocycles. The van der Waals surface area contributed by atoms with Crippen LogP contribution in [-0.2, 0) is 6.54 Å². The molecule has 162 valence electrons. The van der Waals surface area contributed by atoms with Gasteiger partial charge in [-0.15, -0.1) is 0 Å². The fourth-order valence-corrected chi connectivity index (χ4v) is 3.71. The van der Waals surface area contributed by atoms with E-state index in [-0.39, 0.29) is 0 Å². The van der Waals surface area contributed by atoms with Gasteiger partial charge in [0.05, 0.1) is 6.54 Å². The average Bonchev–Trinajstić information content (AvgIpc) is 2.76. The summed E-state index contributed by atoms with van der Waals surface area (Å²) in [4.78, 5) is 14.3. The lowest BCUT2D eigenvalue weighted by Crippen LogP contribution is -2.45. The molecule has 1 aliphatic heterocycles. The molecular formula is C24H36N6. The van der Waals surface area contributed by atoms with Crippen LogP contribution in [0.1, 0.15) is 36.5 Å². The second-order valence-electron chi connectivity index (χ2n) is 8.17. The average molecular weight is 409 g/mol. The molecule has 3 rings (SSSR count). The second-order valence-corrected chi connectivity index (χ2v) is 8.17. The van der Waals surface area contributed by atoms with Crippen LogP contribution >= 0.6 is 0 Å². The molecule has 1 fully saturated rings. The molecule has 2 aromatic rings. The highest BCUT2D eigenvalue weighted by Crippen LogP contribution is 2.20. The minimum Gasteiger partial charge on any atom is -0.357 e. The van der Waals surface area contributed by atoms with E-state index < -0.39 is 0 Å². The van der Waals surface area contributed by atoms with Gasteiger partial charge in [-0.25, -0.2) is 9.98 Å². The molecule has 2 N–H and O–H groups in total. The van der Waals surface area contributed by atoms with E-state index in [2.05, 4.69) is 83.6 Å². The summed E-state index contributed by atoms with van der Waals surface area (Å²) in [6, 6.07) is 12.9. The molecule has 1 saturated heterocycles. The van der Waals surface area contributed by atoms with Crippen molar-refractivity contribution in [2.75, 3.05) is 51.2 Å². The minimum atomic E-state index is 0.410. The number of rotatable bonds is 7. The molecule has 1 aromatic heterocycles. The first-order chi connectivity index (χ1) is 14.6. The van der Waals surface area contributed by atoms with E-state index in [4.69, 9.17) is 4.99 Å². The van der Waals surface area contributed by atoms with Gasteiger partial charge in [0, 0.05) is 51.0 Å². The molecule has 0 spiro atoms. The fraction of sp³-hybridized carbons (Fsp3) is 0.500. The van der Waals surface area contributed by atoms with Gasteiger partial charge in [0.1, 0.15) is 5.82 Å². The SMILES string of the molecule is CCNC(=NCc1cccnc1N1CCN(C)CC1)NCC(C)c1cccc(C)c1.